The number of sulfone groups is 2. The van der Waals surface area contributed by atoms with Gasteiger partial charge in [-0.3, -0.25) is 0 Å². The van der Waals surface area contributed by atoms with Crippen molar-refractivity contribution in [3.05, 3.63) is 119 Å². The van der Waals surface area contributed by atoms with Gasteiger partial charge in [-0.2, -0.15) is 0 Å². The molecule has 2 heterocycles. The van der Waals surface area contributed by atoms with Gasteiger partial charge in [0.05, 0.1) is 43.9 Å². The van der Waals surface area contributed by atoms with Crippen molar-refractivity contribution in [2.75, 3.05) is 39.4 Å². The number of ether oxygens (including phenoxy) is 3. The fourth-order valence-electron chi connectivity index (χ4n) is 6.86. The van der Waals surface area contributed by atoms with Crippen LogP contribution in [-0.4, -0.2) is 84.8 Å². The molecule has 1 N–H and O–H groups in total. The van der Waals surface area contributed by atoms with Crippen LogP contribution in [0.5, 0.6) is 0 Å². The van der Waals surface area contributed by atoms with Crippen LogP contribution in [0.4, 0.5) is 13.6 Å². The zero-order valence-electron chi connectivity index (χ0n) is 33.5. The van der Waals surface area contributed by atoms with Crippen molar-refractivity contribution in [2.45, 2.75) is 84.5 Å². The Balaban J connectivity index is 0.000000230. The lowest BCUT2D eigenvalue weighted by atomic mass is 9.93. The summed E-state index contributed by atoms with van der Waals surface area (Å²) in [4.78, 5) is 38.6. The third kappa shape index (κ3) is 10.9. The number of esters is 2. The minimum absolute atomic E-state index is 0.0548. The van der Waals surface area contributed by atoms with Crippen molar-refractivity contribution < 1.29 is 54.2 Å². The lowest BCUT2D eigenvalue weighted by Gasteiger charge is -2.24. The van der Waals surface area contributed by atoms with Gasteiger partial charge in [0.2, 0.25) is 19.7 Å². The van der Waals surface area contributed by atoms with E-state index in [1.165, 1.54) is 54.6 Å². The molecule has 0 aromatic heterocycles. The summed E-state index contributed by atoms with van der Waals surface area (Å²) in [6.45, 7) is 11.4. The lowest BCUT2D eigenvalue weighted by Crippen LogP contribution is -2.35. The molecule has 2 atom stereocenters. The number of amides is 1. The quantitative estimate of drug-likeness (QED) is 0.124. The van der Waals surface area contributed by atoms with Crippen LogP contribution in [0.15, 0.2) is 105 Å². The minimum Gasteiger partial charge on any atom is -0.462 e. The van der Waals surface area contributed by atoms with Crippen molar-refractivity contribution in [1.82, 2.24) is 10.2 Å². The Hall–Kier alpha value is -5.19. The van der Waals surface area contributed by atoms with Crippen LogP contribution < -0.4 is 5.32 Å². The molecule has 316 valence electrons. The number of nitrogens with zero attached hydrogens (tertiary/aromatic N) is 1. The van der Waals surface area contributed by atoms with E-state index >= 15 is 0 Å². The van der Waals surface area contributed by atoms with Crippen LogP contribution in [0.25, 0.3) is 0 Å². The van der Waals surface area contributed by atoms with Gasteiger partial charge in [0, 0.05) is 25.6 Å². The summed E-state index contributed by atoms with van der Waals surface area (Å²) in [6.07, 6.45) is 1.01. The molecule has 2 fully saturated rings. The highest BCUT2D eigenvalue weighted by atomic mass is 32.2. The molecular weight excluding hydrogens is 807 g/mol. The molecule has 0 radical (unpaired) electrons. The van der Waals surface area contributed by atoms with Gasteiger partial charge in [-0.15, -0.1) is 0 Å². The van der Waals surface area contributed by atoms with Crippen LogP contribution in [0, 0.1) is 11.6 Å². The largest absolute Gasteiger partial charge is 0.462 e. The molecule has 12 nitrogen and oxygen atoms in total. The molecule has 2 unspecified atom stereocenters. The first-order valence-electron chi connectivity index (χ1n) is 19.2. The summed E-state index contributed by atoms with van der Waals surface area (Å²) >= 11 is 0. The molecule has 16 heteroatoms. The summed E-state index contributed by atoms with van der Waals surface area (Å²) in [7, 11) is -7.99. The van der Waals surface area contributed by atoms with Crippen LogP contribution in [0.2, 0.25) is 0 Å². The van der Waals surface area contributed by atoms with Gasteiger partial charge < -0.3 is 24.4 Å². The molecule has 59 heavy (non-hydrogen) atoms. The molecule has 4 aromatic rings. The van der Waals surface area contributed by atoms with Crippen molar-refractivity contribution in [2.24, 2.45) is 0 Å². The maximum atomic E-state index is 13.6. The topological polar surface area (TPSA) is 162 Å². The standard InChI is InChI=1S/C24H28FNO6S.C19H20FNO4S/c1-5-31-22(27)21-14-19(33(29,30)18-8-6-7-17(25)13-18)9-10-20(21)16-11-12-26(15-16)23(28)32-24(2,3)4;1-2-25-19(22)18-11-16(6-7-17(18)13-8-9-21-12-13)26(23,24)15-5-3-4-14(20)10-15/h6-10,13-14,16H,5,11-12,15H2,1-4H3;3-7,10-11,13,21H,2,8-9,12H2,1H3. The Bertz CT molecular complexity index is 2410. The average Bonchev–Trinajstić information content (AvgIpc) is 3.91. The third-order valence-corrected chi connectivity index (χ3v) is 13.2. The van der Waals surface area contributed by atoms with E-state index < -0.39 is 54.9 Å². The molecule has 2 aliphatic rings. The number of hydrogen-bond donors (Lipinski definition) is 1. The maximum absolute atomic E-state index is 13.6. The number of nitrogens with one attached hydrogen (secondary N) is 1. The average molecular weight is 855 g/mol. The van der Waals surface area contributed by atoms with Crippen LogP contribution in [-0.2, 0) is 33.9 Å². The lowest BCUT2D eigenvalue weighted by molar-refractivity contribution is 0.0292. The smallest absolute Gasteiger partial charge is 0.410 e. The third-order valence-electron chi connectivity index (χ3n) is 9.65. The second-order valence-electron chi connectivity index (χ2n) is 15.0. The van der Waals surface area contributed by atoms with Gasteiger partial charge in [-0.1, -0.05) is 24.3 Å². The number of benzene rings is 4. The van der Waals surface area contributed by atoms with E-state index in [9.17, 15) is 40.0 Å². The van der Waals surface area contributed by atoms with Gasteiger partial charge in [-0.05, 0) is 132 Å². The van der Waals surface area contributed by atoms with Gasteiger partial charge in [0.15, 0.2) is 0 Å². The minimum atomic E-state index is -4.05. The highest BCUT2D eigenvalue weighted by molar-refractivity contribution is 7.91. The highest BCUT2D eigenvalue weighted by Crippen LogP contribution is 2.34. The molecule has 4 aromatic carbocycles. The first-order chi connectivity index (χ1) is 27.8. The summed E-state index contributed by atoms with van der Waals surface area (Å²) in [5.74, 6) is -2.58. The van der Waals surface area contributed by atoms with Gasteiger partial charge in [0.1, 0.15) is 17.2 Å². The monoisotopic (exact) mass is 854 g/mol. The second-order valence-corrected chi connectivity index (χ2v) is 18.9. The van der Waals surface area contributed by atoms with Crippen molar-refractivity contribution in [3.8, 4) is 0 Å². The SMILES string of the molecule is CCOC(=O)c1cc(S(=O)(=O)c2cccc(F)c2)ccc1C1CCN(C(=O)OC(C)(C)C)C1.CCOC(=O)c1cc(S(=O)(=O)c2cccc(F)c2)ccc1C1CCNC1. The van der Waals surface area contributed by atoms with Gasteiger partial charge >= 0.3 is 18.0 Å². The molecule has 1 amide bonds. The van der Waals surface area contributed by atoms with Crippen LogP contribution in [0.3, 0.4) is 0 Å². The van der Waals surface area contributed by atoms with E-state index in [0.717, 1.165) is 43.3 Å². The molecule has 0 bridgehead atoms. The normalized spacial score (nSPS) is 16.8. The van der Waals surface area contributed by atoms with Crippen LogP contribution >= 0.6 is 0 Å². The fourth-order valence-corrected chi connectivity index (χ4v) is 9.49. The molecule has 6 rings (SSSR count). The predicted octanol–water partition coefficient (Wildman–Crippen LogP) is 7.47. The summed E-state index contributed by atoms with van der Waals surface area (Å²) < 4.78 is 94.5. The van der Waals surface area contributed by atoms with E-state index in [1.54, 1.807) is 51.7 Å². The predicted molar refractivity (Wildman–Crippen MR) is 214 cm³/mol. The number of likely N-dealkylation sites (tertiary alicyclic amines) is 1. The van der Waals surface area contributed by atoms with Gasteiger partial charge in [0.25, 0.3) is 0 Å². The molecular formula is C43H48F2N2O10S2. The van der Waals surface area contributed by atoms with E-state index in [1.807, 2.05) is 0 Å². The molecule has 0 saturated carbocycles. The number of halogens is 2. The Labute approximate surface area is 343 Å². The Kier molecular flexibility index (Phi) is 14.3. The molecule has 2 aliphatic heterocycles. The Morgan fingerprint density at radius 1 is 0.695 bits per heavy atom. The summed E-state index contributed by atoms with van der Waals surface area (Å²) in [6, 6.07) is 18.2. The second kappa shape index (κ2) is 18.8. The molecule has 0 spiro atoms. The van der Waals surface area contributed by atoms with Crippen molar-refractivity contribution in [3.63, 3.8) is 0 Å². The number of carbonyl (C=O) groups excluding carboxylic acids is 3. The van der Waals surface area contributed by atoms with Gasteiger partial charge in [-0.25, -0.2) is 40.0 Å². The number of carbonyl (C=O) groups is 3. The van der Waals surface area contributed by atoms with E-state index in [2.05, 4.69) is 5.32 Å². The zero-order valence-corrected chi connectivity index (χ0v) is 35.1. The number of hydrogen-bond acceptors (Lipinski definition) is 11. The Morgan fingerprint density at radius 3 is 1.59 bits per heavy atom. The fraction of sp³-hybridized carbons (Fsp3) is 0.372. The summed E-state index contributed by atoms with van der Waals surface area (Å²) in [5.41, 5.74) is 1.10. The van der Waals surface area contributed by atoms with Crippen molar-refractivity contribution >= 4 is 37.7 Å². The number of rotatable bonds is 10. The van der Waals surface area contributed by atoms with E-state index in [-0.39, 0.29) is 55.8 Å². The first kappa shape index (κ1) is 44.9. The first-order valence-corrected chi connectivity index (χ1v) is 22.1. The van der Waals surface area contributed by atoms with E-state index in [4.69, 9.17) is 14.2 Å². The Morgan fingerprint density at radius 2 is 1.17 bits per heavy atom. The van der Waals surface area contributed by atoms with Crippen molar-refractivity contribution in [1.29, 1.82) is 0 Å². The highest BCUT2D eigenvalue weighted by Gasteiger charge is 2.34. The molecule has 2 saturated heterocycles. The summed E-state index contributed by atoms with van der Waals surface area (Å²) in [5, 5.41) is 3.23. The maximum Gasteiger partial charge on any atom is 0.410 e. The van der Waals surface area contributed by atoms with E-state index in [0.29, 0.717) is 25.1 Å². The van der Waals surface area contributed by atoms with Crippen LogP contribution in [0.1, 0.15) is 91.1 Å². The zero-order chi connectivity index (χ0) is 43.1. The molecule has 0 aliphatic carbocycles.